The molecule has 54 valence electrons. The van der Waals surface area contributed by atoms with Crippen molar-refractivity contribution >= 4 is 5.91 Å². The maximum Gasteiger partial charge on any atom is 0.252 e. The predicted octanol–water partition coefficient (Wildman–Crippen LogP) is -1.07. The molecule has 0 aromatic carbocycles. The lowest BCUT2D eigenvalue weighted by molar-refractivity contribution is -0.126. The van der Waals surface area contributed by atoms with Crippen LogP contribution in [0.2, 0.25) is 0 Å². The minimum Gasteiger partial charge on any atom is -0.377 e. The van der Waals surface area contributed by atoms with Gasteiger partial charge in [0.15, 0.2) is 6.10 Å². The zero-order valence-corrected chi connectivity index (χ0v) is 5.11. The van der Waals surface area contributed by atoms with Crippen LogP contribution in [0.1, 0.15) is 11.8 Å². The van der Waals surface area contributed by atoms with Crippen LogP contribution < -0.4 is 5.73 Å². The number of carbonyl (C=O) groups excluding carboxylic acids is 1. The van der Waals surface area contributed by atoms with Crippen LogP contribution in [-0.2, 0) is 4.79 Å². The zero-order chi connectivity index (χ0) is 7.56. The molecule has 0 radical (unpaired) electrons. The Labute approximate surface area is 56.9 Å². The van der Waals surface area contributed by atoms with Crippen molar-refractivity contribution in [2.45, 2.75) is 6.10 Å². The van der Waals surface area contributed by atoms with Crippen molar-refractivity contribution in [3.63, 3.8) is 0 Å². The third-order valence-electron chi connectivity index (χ3n) is 1.09. The molecule has 0 spiro atoms. The molecule has 4 N–H and O–H groups in total. The van der Waals surface area contributed by atoms with Gasteiger partial charge in [-0.05, 0) is 6.07 Å². The highest BCUT2D eigenvalue weighted by Gasteiger charge is 2.13. The average molecular weight is 141 g/mol. The number of rotatable bonds is 2. The number of hydrogen-bond acceptors (Lipinski definition) is 3. The maximum absolute atomic E-state index is 10.3. The molecular formula is C5H7N3O2. The van der Waals surface area contributed by atoms with Crippen LogP contribution >= 0.6 is 0 Å². The summed E-state index contributed by atoms with van der Waals surface area (Å²) in [5.41, 5.74) is 5.10. The van der Waals surface area contributed by atoms with Crippen molar-refractivity contribution < 1.29 is 9.90 Å². The molecule has 1 aromatic rings. The summed E-state index contributed by atoms with van der Waals surface area (Å²) >= 11 is 0. The number of nitrogens with zero attached hydrogens (tertiary/aromatic N) is 1. The standard InChI is InChI=1S/C5H7N3O2/c6-5(10)4(9)3-1-2-7-8-3/h1-2,4,9H,(H2,6,10)(H,7,8)/t4-/m0/s1. The Kier molecular flexibility index (Phi) is 1.68. The summed E-state index contributed by atoms with van der Waals surface area (Å²) in [7, 11) is 0. The van der Waals surface area contributed by atoms with Crippen molar-refractivity contribution in [2.75, 3.05) is 0 Å². The zero-order valence-electron chi connectivity index (χ0n) is 5.11. The Morgan fingerprint density at radius 3 is 3.00 bits per heavy atom. The predicted molar refractivity (Wildman–Crippen MR) is 32.7 cm³/mol. The molecule has 1 heterocycles. The van der Waals surface area contributed by atoms with E-state index in [9.17, 15) is 4.79 Å². The first-order valence-corrected chi connectivity index (χ1v) is 2.68. The monoisotopic (exact) mass is 141 g/mol. The molecule has 0 fully saturated rings. The average Bonchev–Trinajstić information content (AvgIpc) is 2.36. The number of H-pyrrole nitrogens is 1. The molecule has 1 rings (SSSR count). The van der Waals surface area contributed by atoms with Crippen molar-refractivity contribution in [3.8, 4) is 0 Å². The number of aromatic amines is 1. The normalized spacial score (nSPS) is 12.9. The molecule has 5 nitrogen and oxygen atoms in total. The number of hydrogen-bond donors (Lipinski definition) is 3. The molecule has 10 heavy (non-hydrogen) atoms. The molecule has 0 saturated carbocycles. The van der Waals surface area contributed by atoms with E-state index in [0.29, 0.717) is 5.69 Å². The third kappa shape index (κ3) is 1.14. The van der Waals surface area contributed by atoms with Gasteiger partial charge in [0.2, 0.25) is 0 Å². The van der Waals surface area contributed by atoms with Crippen LogP contribution in [0.5, 0.6) is 0 Å². The molecular weight excluding hydrogens is 134 g/mol. The number of carbonyl (C=O) groups is 1. The molecule has 5 heteroatoms. The largest absolute Gasteiger partial charge is 0.377 e. The van der Waals surface area contributed by atoms with Gasteiger partial charge in [0.05, 0.1) is 5.69 Å². The van der Waals surface area contributed by atoms with Gasteiger partial charge in [0.25, 0.3) is 5.91 Å². The van der Waals surface area contributed by atoms with Gasteiger partial charge in [-0.15, -0.1) is 0 Å². The summed E-state index contributed by atoms with van der Waals surface area (Å²) < 4.78 is 0. The summed E-state index contributed by atoms with van der Waals surface area (Å²) in [5.74, 6) is -0.788. The SMILES string of the molecule is NC(=O)[C@@H](O)c1ccn[nH]1. The van der Waals surface area contributed by atoms with E-state index in [1.807, 2.05) is 0 Å². The fourth-order valence-electron chi connectivity index (χ4n) is 0.572. The fourth-order valence-corrected chi connectivity index (χ4v) is 0.572. The van der Waals surface area contributed by atoms with Gasteiger partial charge in [0, 0.05) is 6.20 Å². The number of aliphatic hydroxyl groups is 1. The Balaban J connectivity index is 2.77. The summed E-state index contributed by atoms with van der Waals surface area (Å²) in [6.07, 6.45) is 0.157. The number of nitrogens with two attached hydrogens (primary N) is 1. The first-order chi connectivity index (χ1) is 4.72. The number of aliphatic hydroxyl groups excluding tert-OH is 1. The van der Waals surface area contributed by atoms with Gasteiger partial charge < -0.3 is 10.8 Å². The Hall–Kier alpha value is -1.36. The van der Waals surface area contributed by atoms with Crippen molar-refractivity contribution in [1.82, 2.24) is 10.2 Å². The van der Waals surface area contributed by atoms with Gasteiger partial charge in [-0.25, -0.2) is 0 Å². The first-order valence-electron chi connectivity index (χ1n) is 2.68. The number of aromatic nitrogens is 2. The lowest BCUT2D eigenvalue weighted by atomic mass is 10.2. The molecule has 0 aliphatic heterocycles. The third-order valence-corrected chi connectivity index (χ3v) is 1.09. The van der Waals surface area contributed by atoms with E-state index < -0.39 is 12.0 Å². The van der Waals surface area contributed by atoms with Gasteiger partial charge in [-0.1, -0.05) is 0 Å². The van der Waals surface area contributed by atoms with Crippen molar-refractivity contribution in [1.29, 1.82) is 0 Å². The van der Waals surface area contributed by atoms with Crippen molar-refractivity contribution in [2.24, 2.45) is 5.73 Å². The van der Waals surface area contributed by atoms with E-state index in [2.05, 4.69) is 10.2 Å². The molecule has 1 aromatic heterocycles. The molecule has 0 bridgehead atoms. The molecule has 0 aliphatic rings. The topological polar surface area (TPSA) is 92.0 Å². The van der Waals surface area contributed by atoms with Crippen LogP contribution in [-0.4, -0.2) is 21.2 Å². The lowest BCUT2D eigenvalue weighted by Gasteiger charge is -2.00. The summed E-state index contributed by atoms with van der Waals surface area (Å²) in [6.45, 7) is 0. The van der Waals surface area contributed by atoms with Crippen LogP contribution in [0.4, 0.5) is 0 Å². The second-order valence-electron chi connectivity index (χ2n) is 1.82. The summed E-state index contributed by atoms with van der Waals surface area (Å²) in [4.78, 5) is 10.3. The number of nitrogens with one attached hydrogen (secondary N) is 1. The lowest BCUT2D eigenvalue weighted by Crippen LogP contribution is -2.21. The van der Waals surface area contributed by atoms with Crippen LogP contribution in [0, 0.1) is 0 Å². The first kappa shape index (κ1) is 6.76. The minimum absolute atomic E-state index is 0.313. The highest BCUT2D eigenvalue weighted by atomic mass is 16.3. The fraction of sp³-hybridized carbons (Fsp3) is 0.200. The summed E-state index contributed by atoms with van der Waals surface area (Å²) in [5, 5.41) is 14.9. The number of primary amides is 1. The second-order valence-corrected chi connectivity index (χ2v) is 1.82. The van der Waals surface area contributed by atoms with Gasteiger partial charge in [-0.3, -0.25) is 9.89 Å². The van der Waals surface area contributed by atoms with E-state index in [0.717, 1.165) is 0 Å². The van der Waals surface area contributed by atoms with E-state index in [1.54, 1.807) is 0 Å². The minimum atomic E-state index is -1.28. The van der Waals surface area contributed by atoms with E-state index in [1.165, 1.54) is 12.3 Å². The Bertz CT molecular complexity index is 219. The molecule has 1 atom stereocenters. The highest BCUT2D eigenvalue weighted by Crippen LogP contribution is 2.05. The van der Waals surface area contributed by atoms with Crippen LogP contribution in [0.15, 0.2) is 12.3 Å². The van der Waals surface area contributed by atoms with Crippen LogP contribution in [0.3, 0.4) is 0 Å². The Morgan fingerprint density at radius 2 is 2.60 bits per heavy atom. The quantitative estimate of drug-likeness (QED) is 0.489. The number of amides is 1. The second kappa shape index (κ2) is 2.49. The van der Waals surface area contributed by atoms with E-state index in [4.69, 9.17) is 10.8 Å². The van der Waals surface area contributed by atoms with Gasteiger partial charge in [-0.2, -0.15) is 5.10 Å². The molecule has 1 amide bonds. The van der Waals surface area contributed by atoms with E-state index >= 15 is 0 Å². The van der Waals surface area contributed by atoms with Gasteiger partial charge >= 0.3 is 0 Å². The molecule has 0 unspecified atom stereocenters. The molecule has 0 aliphatic carbocycles. The van der Waals surface area contributed by atoms with E-state index in [-0.39, 0.29) is 0 Å². The Morgan fingerprint density at radius 1 is 1.90 bits per heavy atom. The van der Waals surface area contributed by atoms with Crippen molar-refractivity contribution in [3.05, 3.63) is 18.0 Å². The summed E-state index contributed by atoms with van der Waals surface area (Å²) in [6, 6.07) is 1.48. The smallest absolute Gasteiger partial charge is 0.252 e. The van der Waals surface area contributed by atoms with Gasteiger partial charge in [0.1, 0.15) is 0 Å². The van der Waals surface area contributed by atoms with Crippen LogP contribution in [0.25, 0.3) is 0 Å². The molecule has 0 saturated heterocycles. The maximum atomic E-state index is 10.3. The highest BCUT2D eigenvalue weighted by molar-refractivity contribution is 5.79.